The fraction of sp³-hybridized carbons (Fsp3) is 0.0769. The van der Waals surface area contributed by atoms with E-state index in [-0.39, 0.29) is 0 Å². The van der Waals surface area contributed by atoms with E-state index < -0.39 is 0 Å². The van der Waals surface area contributed by atoms with Gasteiger partial charge in [-0.1, -0.05) is 55.2 Å². The zero-order valence-corrected chi connectivity index (χ0v) is 8.56. The molecule has 0 aliphatic carbocycles. The fourth-order valence-electron chi connectivity index (χ4n) is 0.707. The first-order chi connectivity index (χ1) is 6.81. The number of benzene rings is 1. The Balaban J connectivity index is 0.000000241. The van der Waals surface area contributed by atoms with Crippen LogP contribution in [0, 0.1) is 0 Å². The zero-order valence-electron chi connectivity index (χ0n) is 8.56. The van der Waals surface area contributed by atoms with Gasteiger partial charge in [-0.05, 0) is 19.1 Å². The maximum absolute atomic E-state index is 5.36. The molecule has 0 aliphatic rings. The molecule has 0 radical (unpaired) electrons. The van der Waals surface area contributed by atoms with Gasteiger partial charge in [-0.25, -0.2) is 0 Å². The second kappa shape index (κ2) is 9.33. The van der Waals surface area contributed by atoms with Crippen molar-refractivity contribution in [3.05, 3.63) is 67.3 Å². The quantitative estimate of drug-likeness (QED) is 0.556. The van der Waals surface area contributed by atoms with Crippen LogP contribution in [0.4, 0.5) is 5.69 Å². The normalized spacial score (nSPS) is 9.79. The minimum Gasteiger partial charge on any atom is -0.399 e. The molecule has 0 atom stereocenters. The smallest absolute Gasteiger partial charge is 0.0313 e. The molecule has 0 amide bonds. The lowest BCUT2D eigenvalue weighted by atomic mass is 10.3. The van der Waals surface area contributed by atoms with Crippen LogP contribution in [-0.2, 0) is 0 Å². The van der Waals surface area contributed by atoms with Crippen molar-refractivity contribution >= 4 is 5.69 Å². The number of rotatable bonds is 2. The lowest BCUT2D eigenvalue weighted by molar-refractivity contribution is 1.69. The summed E-state index contributed by atoms with van der Waals surface area (Å²) in [6.45, 7) is 5.49. The van der Waals surface area contributed by atoms with Crippen molar-refractivity contribution in [1.82, 2.24) is 0 Å². The molecule has 0 bridgehead atoms. The van der Waals surface area contributed by atoms with Gasteiger partial charge in [0.15, 0.2) is 0 Å². The van der Waals surface area contributed by atoms with Crippen LogP contribution in [0.2, 0.25) is 0 Å². The minimum atomic E-state index is 0.822. The first-order valence-corrected chi connectivity index (χ1v) is 4.52. The van der Waals surface area contributed by atoms with Crippen molar-refractivity contribution in [2.24, 2.45) is 0 Å². The third-order valence-electron chi connectivity index (χ3n) is 1.35. The summed E-state index contributed by atoms with van der Waals surface area (Å²) in [6, 6.07) is 9.49. The molecule has 14 heavy (non-hydrogen) atoms. The van der Waals surface area contributed by atoms with Crippen molar-refractivity contribution in [3.8, 4) is 0 Å². The minimum absolute atomic E-state index is 0.822. The molecule has 74 valence electrons. The zero-order chi connectivity index (χ0) is 10.6. The van der Waals surface area contributed by atoms with E-state index in [4.69, 9.17) is 5.73 Å². The molecular formula is C13H17N. The Bertz CT molecular complexity index is 283. The lowest BCUT2D eigenvalue weighted by Gasteiger charge is -1.83. The molecule has 1 heteroatoms. The fourth-order valence-corrected chi connectivity index (χ4v) is 0.707. The second-order valence-corrected chi connectivity index (χ2v) is 2.56. The Morgan fingerprint density at radius 3 is 2.07 bits per heavy atom. The number of para-hydroxylation sites is 1. The first-order valence-electron chi connectivity index (χ1n) is 4.52. The molecule has 0 heterocycles. The molecule has 0 unspecified atom stereocenters. The number of allylic oxidation sites excluding steroid dienone is 5. The van der Waals surface area contributed by atoms with E-state index in [1.54, 1.807) is 6.08 Å². The van der Waals surface area contributed by atoms with Crippen LogP contribution in [0.5, 0.6) is 0 Å². The van der Waals surface area contributed by atoms with Gasteiger partial charge in [0, 0.05) is 5.69 Å². The van der Waals surface area contributed by atoms with E-state index in [1.807, 2.05) is 61.6 Å². The number of hydrogen-bond acceptors (Lipinski definition) is 1. The van der Waals surface area contributed by atoms with E-state index in [0.717, 1.165) is 5.69 Å². The highest BCUT2D eigenvalue weighted by Crippen LogP contribution is 1.95. The van der Waals surface area contributed by atoms with Crippen molar-refractivity contribution in [3.63, 3.8) is 0 Å². The molecule has 1 aromatic carbocycles. The Morgan fingerprint density at radius 2 is 1.71 bits per heavy atom. The SMILES string of the molecule is C=C/C=C\C=C/C.Nc1ccccc1. The Morgan fingerprint density at radius 1 is 1.07 bits per heavy atom. The van der Waals surface area contributed by atoms with Gasteiger partial charge in [0.1, 0.15) is 0 Å². The molecule has 0 saturated carbocycles. The standard InChI is InChI=1S/C7H10.C6H7N/c1-3-5-7-6-4-2;7-6-4-2-1-3-5-6/h3-7H,1H2,2H3;1-5H,7H2/b6-4-,7-5-;. The molecule has 0 fully saturated rings. The average molecular weight is 187 g/mol. The highest BCUT2D eigenvalue weighted by Gasteiger charge is 1.72. The summed E-state index contributed by atoms with van der Waals surface area (Å²) in [5.41, 5.74) is 6.18. The van der Waals surface area contributed by atoms with Crippen molar-refractivity contribution in [1.29, 1.82) is 0 Å². The summed E-state index contributed by atoms with van der Waals surface area (Å²) in [6.07, 6.45) is 9.51. The van der Waals surface area contributed by atoms with Crippen LogP contribution < -0.4 is 5.73 Å². The van der Waals surface area contributed by atoms with E-state index in [9.17, 15) is 0 Å². The third kappa shape index (κ3) is 8.34. The van der Waals surface area contributed by atoms with Crippen LogP contribution in [-0.4, -0.2) is 0 Å². The third-order valence-corrected chi connectivity index (χ3v) is 1.35. The van der Waals surface area contributed by atoms with Gasteiger partial charge in [0.05, 0.1) is 0 Å². The predicted molar refractivity (Wildman–Crippen MR) is 65.0 cm³/mol. The Labute approximate surface area is 86.3 Å². The highest BCUT2D eigenvalue weighted by molar-refractivity contribution is 5.35. The van der Waals surface area contributed by atoms with Gasteiger partial charge < -0.3 is 5.73 Å². The maximum Gasteiger partial charge on any atom is 0.0313 e. The van der Waals surface area contributed by atoms with Crippen LogP contribution in [0.25, 0.3) is 0 Å². The molecule has 0 spiro atoms. The van der Waals surface area contributed by atoms with E-state index in [1.165, 1.54) is 0 Å². The molecular weight excluding hydrogens is 170 g/mol. The van der Waals surface area contributed by atoms with E-state index >= 15 is 0 Å². The maximum atomic E-state index is 5.36. The summed E-state index contributed by atoms with van der Waals surface area (Å²) in [7, 11) is 0. The van der Waals surface area contributed by atoms with Gasteiger partial charge in [0.2, 0.25) is 0 Å². The second-order valence-electron chi connectivity index (χ2n) is 2.56. The van der Waals surface area contributed by atoms with Gasteiger partial charge in [-0.2, -0.15) is 0 Å². The first kappa shape index (κ1) is 12.2. The summed E-state index contributed by atoms with van der Waals surface area (Å²) >= 11 is 0. The topological polar surface area (TPSA) is 26.0 Å². The van der Waals surface area contributed by atoms with Crippen LogP contribution in [0.3, 0.4) is 0 Å². The Kier molecular flexibility index (Phi) is 8.16. The van der Waals surface area contributed by atoms with Crippen LogP contribution in [0.1, 0.15) is 6.92 Å². The molecule has 1 aromatic rings. The number of nitrogen functional groups attached to an aromatic ring is 1. The molecule has 0 aliphatic heterocycles. The molecule has 1 rings (SSSR count). The largest absolute Gasteiger partial charge is 0.399 e. The van der Waals surface area contributed by atoms with E-state index in [0.29, 0.717) is 0 Å². The van der Waals surface area contributed by atoms with Gasteiger partial charge >= 0.3 is 0 Å². The van der Waals surface area contributed by atoms with Crippen molar-refractivity contribution in [2.75, 3.05) is 5.73 Å². The monoisotopic (exact) mass is 187 g/mol. The number of nitrogens with two attached hydrogens (primary N) is 1. The van der Waals surface area contributed by atoms with Crippen molar-refractivity contribution in [2.45, 2.75) is 6.92 Å². The number of anilines is 1. The van der Waals surface area contributed by atoms with Gasteiger partial charge in [-0.15, -0.1) is 0 Å². The summed E-state index contributed by atoms with van der Waals surface area (Å²) in [5, 5.41) is 0. The molecule has 1 nitrogen and oxygen atoms in total. The average Bonchev–Trinajstić information content (AvgIpc) is 2.21. The summed E-state index contributed by atoms with van der Waals surface area (Å²) < 4.78 is 0. The molecule has 2 N–H and O–H groups in total. The summed E-state index contributed by atoms with van der Waals surface area (Å²) in [5.74, 6) is 0. The van der Waals surface area contributed by atoms with Crippen molar-refractivity contribution < 1.29 is 0 Å². The predicted octanol–water partition coefficient (Wildman–Crippen LogP) is 3.57. The van der Waals surface area contributed by atoms with Crippen LogP contribution in [0.15, 0.2) is 67.3 Å². The Hall–Kier alpha value is -1.76. The highest BCUT2D eigenvalue weighted by atomic mass is 14.5. The lowest BCUT2D eigenvalue weighted by Crippen LogP contribution is -1.79. The summed E-state index contributed by atoms with van der Waals surface area (Å²) in [4.78, 5) is 0. The van der Waals surface area contributed by atoms with Gasteiger partial charge in [0.25, 0.3) is 0 Å². The van der Waals surface area contributed by atoms with Crippen LogP contribution >= 0.6 is 0 Å². The van der Waals surface area contributed by atoms with Gasteiger partial charge in [-0.3, -0.25) is 0 Å². The molecule has 0 aromatic heterocycles. The number of hydrogen-bond donors (Lipinski definition) is 1. The van der Waals surface area contributed by atoms with E-state index in [2.05, 4.69) is 6.58 Å². The molecule has 0 saturated heterocycles.